The molecule has 2 N–H and O–H groups in total. The molecule has 106 valence electrons. The molecule has 0 amide bonds. The summed E-state index contributed by atoms with van der Waals surface area (Å²) < 4.78 is 0. The first-order valence-electron chi connectivity index (χ1n) is 7.10. The van der Waals surface area contributed by atoms with Crippen molar-refractivity contribution in [1.29, 1.82) is 0 Å². The van der Waals surface area contributed by atoms with Gasteiger partial charge in [-0.3, -0.25) is 0 Å². The topological polar surface area (TPSA) is 55.0 Å². The van der Waals surface area contributed by atoms with Crippen molar-refractivity contribution in [3.63, 3.8) is 0 Å². The van der Waals surface area contributed by atoms with Gasteiger partial charge in [-0.1, -0.05) is 26.0 Å². The maximum absolute atomic E-state index is 5.87. The Balaban J connectivity index is 2.29. The van der Waals surface area contributed by atoms with Crippen molar-refractivity contribution in [2.45, 2.75) is 33.1 Å². The Bertz CT molecular complexity index is 563. The summed E-state index contributed by atoms with van der Waals surface area (Å²) >= 11 is 0. The largest absolute Gasteiger partial charge is 0.384 e. The van der Waals surface area contributed by atoms with Crippen molar-refractivity contribution in [2.24, 2.45) is 0 Å². The van der Waals surface area contributed by atoms with Crippen LogP contribution >= 0.6 is 0 Å². The highest BCUT2D eigenvalue weighted by Crippen LogP contribution is 2.23. The molecule has 1 aromatic heterocycles. The first-order chi connectivity index (χ1) is 9.63. The van der Waals surface area contributed by atoms with E-state index in [0.717, 1.165) is 36.6 Å². The van der Waals surface area contributed by atoms with Crippen LogP contribution in [0.25, 0.3) is 0 Å². The van der Waals surface area contributed by atoms with E-state index in [9.17, 15) is 0 Å². The van der Waals surface area contributed by atoms with Crippen LogP contribution in [0.1, 0.15) is 31.7 Å². The van der Waals surface area contributed by atoms with Crippen LogP contribution in [0, 0.1) is 0 Å². The van der Waals surface area contributed by atoms with Crippen LogP contribution in [-0.2, 0) is 12.8 Å². The molecule has 0 saturated carbocycles. The summed E-state index contributed by atoms with van der Waals surface area (Å²) in [6, 6.07) is 10.3. The number of rotatable bonds is 5. The van der Waals surface area contributed by atoms with Crippen LogP contribution in [0.4, 0.5) is 17.3 Å². The Morgan fingerprint density at radius 3 is 2.40 bits per heavy atom. The molecular weight excluding hydrogens is 248 g/mol. The predicted octanol–water partition coefficient (Wildman–Crippen LogP) is 3.34. The second-order valence-corrected chi connectivity index (χ2v) is 4.90. The molecule has 0 radical (unpaired) electrons. The van der Waals surface area contributed by atoms with Gasteiger partial charge in [0.05, 0.1) is 0 Å². The number of nitrogen functional groups attached to an aromatic ring is 1. The third kappa shape index (κ3) is 3.26. The minimum Gasteiger partial charge on any atom is -0.384 e. The lowest BCUT2D eigenvalue weighted by molar-refractivity contribution is 0.834. The van der Waals surface area contributed by atoms with Crippen molar-refractivity contribution < 1.29 is 0 Å². The third-order valence-corrected chi connectivity index (χ3v) is 3.33. The lowest BCUT2D eigenvalue weighted by Crippen LogP contribution is -2.13. The number of aromatic nitrogens is 2. The quantitative estimate of drug-likeness (QED) is 0.905. The highest BCUT2D eigenvalue weighted by atomic mass is 15.2. The first kappa shape index (κ1) is 14.3. The van der Waals surface area contributed by atoms with Crippen LogP contribution in [0.3, 0.4) is 0 Å². The van der Waals surface area contributed by atoms with Crippen molar-refractivity contribution in [3.8, 4) is 0 Å². The predicted molar refractivity (Wildman–Crippen MR) is 84.3 cm³/mol. The maximum atomic E-state index is 5.87. The van der Waals surface area contributed by atoms with Crippen molar-refractivity contribution in [2.75, 3.05) is 17.7 Å². The minimum absolute atomic E-state index is 0.524. The van der Waals surface area contributed by atoms with Crippen molar-refractivity contribution in [1.82, 2.24) is 9.97 Å². The zero-order valence-corrected chi connectivity index (χ0v) is 12.4. The number of hydrogen-bond acceptors (Lipinski definition) is 4. The fraction of sp³-hybridized carbons (Fsp3) is 0.375. The van der Waals surface area contributed by atoms with Crippen LogP contribution in [0.2, 0.25) is 0 Å². The Morgan fingerprint density at radius 1 is 1.10 bits per heavy atom. The number of nitrogens with two attached hydrogens (primary N) is 1. The number of anilines is 3. The Hall–Kier alpha value is -2.10. The molecule has 0 bridgehead atoms. The lowest BCUT2D eigenvalue weighted by Gasteiger charge is -2.19. The molecule has 4 nitrogen and oxygen atoms in total. The van der Waals surface area contributed by atoms with Gasteiger partial charge in [-0.2, -0.15) is 0 Å². The minimum atomic E-state index is 0.524. The van der Waals surface area contributed by atoms with Gasteiger partial charge in [0, 0.05) is 25.2 Å². The van der Waals surface area contributed by atoms with Crippen LogP contribution < -0.4 is 10.6 Å². The smallest absolute Gasteiger partial charge is 0.138 e. The molecule has 0 aliphatic carbocycles. The number of hydrogen-bond donors (Lipinski definition) is 1. The van der Waals surface area contributed by atoms with E-state index in [0.29, 0.717) is 5.82 Å². The van der Waals surface area contributed by atoms with Gasteiger partial charge in [0.15, 0.2) is 0 Å². The molecule has 0 spiro atoms. The molecule has 2 aromatic rings. The van der Waals surface area contributed by atoms with E-state index in [1.165, 1.54) is 5.56 Å². The van der Waals surface area contributed by atoms with E-state index >= 15 is 0 Å². The van der Waals surface area contributed by atoms with E-state index < -0.39 is 0 Å². The van der Waals surface area contributed by atoms with Crippen LogP contribution in [-0.4, -0.2) is 17.0 Å². The first-order valence-corrected chi connectivity index (χ1v) is 7.10. The molecule has 1 aromatic carbocycles. The molecule has 2 rings (SSSR count). The summed E-state index contributed by atoms with van der Waals surface area (Å²) in [5.74, 6) is 2.17. The summed E-state index contributed by atoms with van der Waals surface area (Å²) in [7, 11) is 2.00. The standard InChI is InChI=1S/C16H22N4/c1-4-6-15-18-14(17)11-16(19-15)20(3)13-9-7-12(5-2)8-10-13/h7-11H,4-6H2,1-3H3,(H2,17,18,19). The zero-order valence-electron chi connectivity index (χ0n) is 12.4. The van der Waals surface area contributed by atoms with E-state index in [4.69, 9.17) is 5.73 Å². The fourth-order valence-electron chi connectivity index (χ4n) is 2.10. The van der Waals surface area contributed by atoms with E-state index in [-0.39, 0.29) is 0 Å². The number of benzene rings is 1. The Kier molecular flexibility index (Phi) is 4.56. The van der Waals surface area contributed by atoms with Crippen LogP contribution in [0.5, 0.6) is 0 Å². The van der Waals surface area contributed by atoms with E-state index in [1.54, 1.807) is 0 Å². The molecule has 0 aliphatic rings. The summed E-state index contributed by atoms with van der Waals surface area (Å²) in [5.41, 5.74) is 8.30. The highest BCUT2D eigenvalue weighted by molar-refractivity contribution is 5.61. The molecule has 1 heterocycles. The Morgan fingerprint density at radius 2 is 1.80 bits per heavy atom. The van der Waals surface area contributed by atoms with Gasteiger partial charge in [-0.25, -0.2) is 9.97 Å². The van der Waals surface area contributed by atoms with Crippen molar-refractivity contribution >= 4 is 17.3 Å². The lowest BCUT2D eigenvalue weighted by atomic mass is 10.1. The molecule has 0 saturated heterocycles. The molecular formula is C16H22N4. The van der Waals surface area contributed by atoms with E-state index in [2.05, 4.69) is 48.1 Å². The van der Waals surface area contributed by atoms with Gasteiger partial charge in [-0.05, 0) is 30.5 Å². The molecule has 0 aliphatic heterocycles. The molecule has 0 fully saturated rings. The average molecular weight is 270 g/mol. The molecule has 0 atom stereocenters. The summed E-state index contributed by atoms with van der Waals surface area (Å²) in [6.07, 6.45) is 2.91. The zero-order chi connectivity index (χ0) is 14.5. The van der Waals surface area contributed by atoms with Gasteiger partial charge in [0.1, 0.15) is 17.5 Å². The molecule has 0 unspecified atom stereocenters. The highest BCUT2D eigenvalue weighted by Gasteiger charge is 2.08. The van der Waals surface area contributed by atoms with Crippen molar-refractivity contribution in [3.05, 3.63) is 41.7 Å². The number of nitrogens with zero attached hydrogens (tertiary/aromatic N) is 3. The average Bonchev–Trinajstić information content (AvgIpc) is 2.46. The van der Waals surface area contributed by atoms with Gasteiger partial charge in [0.25, 0.3) is 0 Å². The second kappa shape index (κ2) is 6.37. The molecule has 20 heavy (non-hydrogen) atoms. The van der Waals surface area contributed by atoms with Crippen LogP contribution in [0.15, 0.2) is 30.3 Å². The molecule has 4 heteroatoms. The van der Waals surface area contributed by atoms with E-state index in [1.807, 2.05) is 18.0 Å². The third-order valence-electron chi connectivity index (χ3n) is 3.33. The monoisotopic (exact) mass is 270 g/mol. The van der Waals surface area contributed by atoms with Gasteiger partial charge in [-0.15, -0.1) is 0 Å². The maximum Gasteiger partial charge on any atom is 0.138 e. The second-order valence-electron chi connectivity index (χ2n) is 4.90. The Labute approximate surface area is 120 Å². The fourth-order valence-corrected chi connectivity index (χ4v) is 2.10. The SMILES string of the molecule is CCCc1nc(N)cc(N(C)c2ccc(CC)cc2)n1. The summed E-state index contributed by atoms with van der Waals surface area (Å²) in [6.45, 7) is 4.26. The van der Waals surface area contributed by atoms with Gasteiger partial charge >= 0.3 is 0 Å². The summed E-state index contributed by atoms with van der Waals surface area (Å²) in [5, 5.41) is 0. The van der Waals surface area contributed by atoms with Gasteiger partial charge in [0.2, 0.25) is 0 Å². The summed E-state index contributed by atoms with van der Waals surface area (Å²) in [4.78, 5) is 10.9. The number of aryl methyl sites for hydroxylation is 2. The van der Waals surface area contributed by atoms with Gasteiger partial charge < -0.3 is 10.6 Å². The normalized spacial score (nSPS) is 10.6.